The molecule has 0 unspecified atom stereocenters. The van der Waals surface area contributed by atoms with Crippen LogP contribution in [0, 0.1) is 94.1 Å². The van der Waals surface area contributed by atoms with Gasteiger partial charge in [-0.1, -0.05) is 70.8 Å². The summed E-state index contributed by atoms with van der Waals surface area (Å²) in [6, 6.07) is 26.4. The van der Waals surface area contributed by atoms with Crippen LogP contribution in [-0.2, 0) is 35.8 Å². The molecule has 0 amide bonds. The van der Waals surface area contributed by atoms with Crippen LogP contribution in [0.25, 0.3) is 45.0 Å². The predicted octanol–water partition coefficient (Wildman–Crippen LogP) is 13.2. The molecular formula is C44H20Cl2F12Ir2N4. The third-order valence-corrected chi connectivity index (χ3v) is 7.37. The molecule has 0 fully saturated rings. The second kappa shape index (κ2) is 27.0. The fraction of sp³-hybridized carbons (Fsp3) is 0. The van der Waals surface area contributed by atoms with Gasteiger partial charge in [-0.05, 0) is 47.0 Å². The van der Waals surface area contributed by atoms with E-state index in [0.717, 1.165) is 97.6 Å². The molecule has 4 aromatic carbocycles. The zero-order valence-corrected chi connectivity index (χ0v) is 37.6. The topological polar surface area (TPSA) is 51.6 Å². The Morgan fingerprint density at radius 1 is 0.297 bits per heavy atom. The van der Waals surface area contributed by atoms with E-state index < -0.39 is 69.8 Å². The van der Waals surface area contributed by atoms with E-state index in [2.05, 4.69) is 63.4 Å². The Balaban J connectivity index is 0.000000221. The van der Waals surface area contributed by atoms with Gasteiger partial charge in [-0.2, -0.15) is 0 Å². The normalized spacial score (nSPS) is 9.88. The second-order valence-corrected chi connectivity index (χ2v) is 11.6. The van der Waals surface area contributed by atoms with Crippen molar-refractivity contribution in [1.82, 2.24) is 19.9 Å². The molecule has 8 rings (SSSR count). The van der Waals surface area contributed by atoms with Gasteiger partial charge in [-0.25, -0.2) is 17.6 Å². The van der Waals surface area contributed by atoms with E-state index in [1.807, 2.05) is 0 Å². The van der Waals surface area contributed by atoms with E-state index >= 15 is 0 Å². The first-order valence-electron chi connectivity index (χ1n) is 16.9. The van der Waals surface area contributed by atoms with Crippen LogP contribution >= 0.6 is 19.2 Å². The van der Waals surface area contributed by atoms with Crippen LogP contribution < -0.4 is 0 Å². The molecule has 332 valence electrons. The zero-order chi connectivity index (χ0) is 47.3. The van der Waals surface area contributed by atoms with Crippen LogP contribution in [0.1, 0.15) is 0 Å². The van der Waals surface area contributed by atoms with Crippen LogP contribution in [0.2, 0.25) is 0 Å². The summed E-state index contributed by atoms with van der Waals surface area (Å²) < 4.78 is 153. The van der Waals surface area contributed by atoms with Crippen molar-refractivity contribution >= 4 is 19.2 Å². The summed E-state index contributed by atoms with van der Waals surface area (Å²) in [6.45, 7) is 0. The number of rotatable bonds is 4. The van der Waals surface area contributed by atoms with E-state index in [0.29, 0.717) is 0 Å². The van der Waals surface area contributed by atoms with E-state index in [1.54, 1.807) is 0 Å². The molecule has 8 aromatic rings. The fourth-order valence-electron chi connectivity index (χ4n) is 4.66. The Morgan fingerprint density at radius 2 is 0.484 bits per heavy atom. The summed E-state index contributed by atoms with van der Waals surface area (Å²) in [5, 5.41) is 0. The number of nitrogens with zero attached hydrogens (tertiary/aromatic N) is 4. The number of hydrogen-bond donors (Lipinski definition) is 0. The predicted molar refractivity (Wildman–Crippen MR) is 205 cm³/mol. The third-order valence-electron chi connectivity index (χ3n) is 7.37. The van der Waals surface area contributed by atoms with Crippen LogP contribution in [0.5, 0.6) is 0 Å². The Morgan fingerprint density at radius 3 is 0.625 bits per heavy atom. The Bertz CT molecular complexity index is 2320. The molecule has 4 aromatic heterocycles. The third kappa shape index (κ3) is 16.6. The van der Waals surface area contributed by atoms with E-state index in [1.165, 1.54) is 60.0 Å². The Kier molecular flexibility index (Phi) is 22.3. The Labute approximate surface area is 386 Å². The van der Waals surface area contributed by atoms with Gasteiger partial charge in [0.15, 0.2) is 0 Å². The van der Waals surface area contributed by atoms with Gasteiger partial charge < -0.3 is 19.9 Å². The molecule has 0 spiro atoms. The maximum atomic E-state index is 13.2. The number of aromatic nitrogens is 4. The monoisotopic (exact) mass is 1290 g/mol. The van der Waals surface area contributed by atoms with Gasteiger partial charge in [0, 0.05) is 46.5 Å². The molecule has 4 nitrogen and oxygen atoms in total. The van der Waals surface area contributed by atoms with Crippen LogP contribution in [0.3, 0.4) is 0 Å². The summed E-state index contributed by atoms with van der Waals surface area (Å²) in [7, 11) is 9.28. The first kappa shape index (κ1) is 52.9. The van der Waals surface area contributed by atoms with Gasteiger partial charge in [0.2, 0.25) is 0 Å². The fourth-order valence-corrected chi connectivity index (χ4v) is 4.66. The summed E-state index contributed by atoms with van der Waals surface area (Å²) >= 11 is 2.94. The van der Waals surface area contributed by atoms with E-state index in [4.69, 9.17) is 0 Å². The van der Waals surface area contributed by atoms with Gasteiger partial charge in [-0.15, -0.1) is 48.5 Å². The minimum absolute atomic E-state index is 0.0244. The van der Waals surface area contributed by atoms with Gasteiger partial charge in [-0.3, -0.25) is 35.1 Å². The molecule has 64 heavy (non-hydrogen) atoms. The first-order valence-corrected chi connectivity index (χ1v) is 22.8. The summed E-state index contributed by atoms with van der Waals surface area (Å²) in [5.74, 6) is -7.97. The van der Waals surface area contributed by atoms with Crippen molar-refractivity contribution in [1.29, 1.82) is 0 Å². The molecule has 0 aliphatic rings. The average molecular weight is 1290 g/mol. The summed E-state index contributed by atoms with van der Waals surface area (Å²) in [6.07, 6.45) is 3.86. The van der Waals surface area contributed by atoms with Crippen molar-refractivity contribution in [3.63, 3.8) is 0 Å². The van der Waals surface area contributed by atoms with Crippen molar-refractivity contribution in [2.45, 2.75) is 0 Å². The van der Waals surface area contributed by atoms with Crippen molar-refractivity contribution in [2.75, 3.05) is 0 Å². The minimum atomic E-state index is -0.769. The van der Waals surface area contributed by atoms with Crippen molar-refractivity contribution < 1.29 is 88.5 Å². The Hall–Kier alpha value is -5.48. The molecule has 0 bridgehead atoms. The SMILES string of the molecule is Fc1ccc(-c2[c-]cc(F)cc2F)nc1.Fc1ccc(-c2[c-]cc(F)cc2F)nc1.Fc1ccc(-c2[c-]cc(F)cc2F)nc1.Fc1ccc(-c2[c-]cc(F)cc2F)nc1.[Cl][Ir+2].[Cl][Ir+2]. The van der Waals surface area contributed by atoms with Crippen molar-refractivity contribution in [2.24, 2.45) is 0 Å². The average Bonchev–Trinajstić information content (AvgIpc) is 3.28. The maximum absolute atomic E-state index is 13.2. The van der Waals surface area contributed by atoms with Crippen LogP contribution in [0.4, 0.5) is 52.7 Å². The summed E-state index contributed by atoms with van der Waals surface area (Å²) in [4.78, 5) is 14.7. The standard InChI is InChI=1S/4C11H5F3N.2ClH.2Ir/c4*12-7-1-3-9(10(14)5-7)11-4-2-8(13)6-15-11;;;;/h4*1-2,4-6H;2*1H;;/q4*-1;;;2*+3/p-2. The van der Waals surface area contributed by atoms with E-state index in [-0.39, 0.29) is 45.0 Å². The number of halogens is 14. The van der Waals surface area contributed by atoms with Gasteiger partial charge in [0.25, 0.3) is 0 Å². The molecule has 0 saturated carbocycles. The molecule has 0 atom stereocenters. The molecule has 0 aliphatic heterocycles. The number of benzene rings is 4. The van der Waals surface area contributed by atoms with Gasteiger partial charge in [0.05, 0.1) is 24.8 Å². The molecule has 0 aliphatic carbocycles. The quantitative estimate of drug-likeness (QED) is 0.130. The molecular weight excluding hydrogens is 1270 g/mol. The second-order valence-electron chi connectivity index (χ2n) is 11.6. The number of pyridine rings is 4. The van der Waals surface area contributed by atoms with Crippen molar-refractivity contribution in [3.8, 4) is 45.0 Å². The molecule has 20 heteroatoms. The molecule has 0 radical (unpaired) electrons. The zero-order valence-electron chi connectivity index (χ0n) is 31.3. The first-order chi connectivity index (χ1) is 30.7. The van der Waals surface area contributed by atoms with Gasteiger partial charge >= 0.3 is 54.9 Å². The molecule has 4 heterocycles. The van der Waals surface area contributed by atoms with Crippen molar-refractivity contribution in [3.05, 3.63) is 216 Å². The molecule has 0 saturated heterocycles. The number of hydrogen-bond acceptors (Lipinski definition) is 4. The van der Waals surface area contributed by atoms with Gasteiger partial charge in [0.1, 0.15) is 23.3 Å². The molecule has 0 N–H and O–H groups in total. The van der Waals surface area contributed by atoms with Crippen LogP contribution in [-0.4, -0.2) is 19.9 Å². The summed E-state index contributed by atoms with van der Waals surface area (Å²) in [5.41, 5.74) is 0.964. The van der Waals surface area contributed by atoms with E-state index in [9.17, 15) is 52.7 Å². The van der Waals surface area contributed by atoms with Crippen LogP contribution in [0.15, 0.2) is 122 Å².